The second-order valence-corrected chi connectivity index (χ2v) is 6.50. The lowest BCUT2D eigenvalue weighted by molar-refractivity contribution is 0.0466. The SMILES string of the molecule is CCCCCOC(=O)c1ccc(C(=O)OCc2ccc(Cl)cc2C)cc1. The fourth-order valence-electron chi connectivity index (χ4n) is 2.39. The van der Waals surface area contributed by atoms with E-state index < -0.39 is 5.97 Å². The average molecular weight is 375 g/mol. The van der Waals surface area contributed by atoms with Gasteiger partial charge in [-0.1, -0.05) is 37.4 Å². The highest BCUT2D eigenvalue weighted by Gasteiger charge is 2.11. The van der Waals surface area contributed by atoms with Gasteiger partial charge in [-0.25, -0.2) is 9.59 Å². The number of esters is 2. The highest BCUT2D eigenvalue weighted by Crippen LogP contribution is 2.17. The van der Waals surface area contributed by atoms with Crippen LogP contribution in [-0.2, 0) is 16.1 Å². The maximum atomic E-state index is 12.2. The summed E-state index contributed by atoms with van der Waals surface area (Å²) in [6.45, 7) is 4.59. The minimum Gasteiger partial charge on any atom is -0.462 e. The predicted molar refractivity (Wildman–Crippen MR) is 102 cm³/mol. The molecule has 0 saturated heterocycles. The molecule has 5 heteroatoms. The molecule has 0 bridgehead atoms. The molecule has 2 aromatic rings. The molecule has 0 aliphatic rings. The van der Waals surface area contributed by atoms with E-state index in [1.807, 2.05) is 19.1 Å². The number of hydrogen-bond donors (Lipinski definition) is 0. The molecule has 2 aromatic carbocycles. The van der Waals surface area contributed by atoms with Crippen LogP contribution < -0.4 is 0 Å². The van der Waals surface area contributed by atoms with E-state index in [9.17, 15) is 9.59 Å². The number of hydrogen-bond acceptors (Lipinski definition) is 4. The molecule has 0 unspecified atom stereocenters. The third-order valence-electron chi connectivity index (χ3n) is 4.00. The number of unbranched alkanes of at least 4 members (excludes halogenated alkanes) is 2. The van der Waals surface area contributed by atoms with Crippen molar-refractivity contribution < 1.29 is 19.1 Å². The average Bonchev–Trinajstić information content (AvgIpc) is 2.64. The van der Waals surface area contributed by atoms with Crippen LogP contribution in [0.4, 0.5) is 0 Å². The number of carbonyl (C=O) groups excluding carboxylic acids is 2. The minimum atomic E-state index is -0.442. The lowest BCUT2D eigenvalue weighted by atomic mass is 10.1. The van der Waals surface area contributed by atoms with Crippen molar-refractivity contribution in [2.24, 2.45) is 0 Å². The molecule has 2 rings (SSSR count). The summed E-state index contributed by atoms with van der Waals surface area (Å²) in [5.74, 6) is -0.819. The lowest BCUT2D eigenvalue weighted by Crippen LogP contribution is -2.09. The van der Waals surface area contributed by atoms with Crippen molar-refractivity contribution in [3.63, 3.8) is 0 Å². The van der Waals surface area contributed by atoms with E-state index >= 15 is 0 Å². The predicted octanol–water partition coefficient (Wildman–Crippen LogP) is 5.35. The monoisotopic (exact) mass is 374 g/mol. The molecule has 26 heavy (non-hydrogen) atoms. The molecule has 138 valence electrons. The highest BCUT2D eigenvalue weighted by molar-refractivity contribution is 6.30. The summed E-state index contributed by atoms with van der Waals surface area (Å²) in [6.07, 6.45) is 2.96. The molecule has 0 saturated carbocycles. The molecule has 0 heterocycles. The maximum Gasteiger partial charge on any atom is 0.338 e. The van der Waals surface area contributed by atoms with Crippen molar-refractivity contribution in [1.82, 2.24) is 0 Å². The van der Waals surface area contributed by atoms with Gasteiger partial charge in [-0.05, 0) is 60.9 Å². The van der Waals surface area contributed by atoms with E-state index in [-0.39, 0.29) is 12.6 Å². The fraction of sp³-hybridized carbons (Fsp3) is 0.333. The molecular formula is C21H23ClO4. The van der Waals surface area contributed by atoms with Gasteiger partial charge in [-0.15, -0.1) is 0 Å². The molecule has 4 nitrogen and oxygen atoms in total. The first-order chi connectivity index (χ1) is 12.5. The van der Waals surface area contributed by atoms with Gasteiger partial charge in [0, 0.05) is 5.02 Å². The first kappa shape index (κ1) is 20.0. The van der Waals surface area contributed by atoms with Crippen molar-refractivity contribution >= 4 is 23.5 Å². The Bertz CT molecular complexity index is 753. The van der Waals surface area contributed by atoms with Crippen molar-refractivity contribution in [3.8, 4) is 0 Å². The summed E-state index contributed by atoms with van der Waals surface area (Å²) in [7, 11) is 0. The van der Waals surface area contributed by atoms with Gasteiger partial charge in [0.05, 0.1) is 17.7 Å². The Balaban J connectivity index is 1.88. The largest absolute Gasteiger partial charge is 0.462 e. The summed E-state index contributed by atoms with van der Waals surface area (Å²) in [5, 5.41) is 0.648. The first-order valence-electron chi connectivity index (χ1n) is 8.70. The summed E-state index contributed by atoms with van der Waals surface area (Å²) < 4.78 is 10.5. The molecular weight excluding hydrogens is 352 g/mol. The van der Waals surface area contributed by atoms with Crippen molar-refractivity contribution in [2.75, 3.05) is 6.61 Å². The van der Waals surface area contributed by atoms with Crippen LogP contribution in [-0.4, -0.2) is 18.5 Å². The van der Waals surface area contributed by atoms with Crippen LogP contribution in [0, 0.1) is 6.92 Å². The van der Waals surface area contributed by atoms with Crippen molar-refractivity contribution in [3.05, 3.63) is 69.7 Å². The normalized spacial score (nSPS) is 10.4. The number of ether oxygens (including phenoxy) is 2. The van der Waals surface area contributed by atoms with E-state index in [1.165, 1.54) is 0 Å². The summed E-state index contributed by atoms with van der Waals surface area (Å²) >= 11 is 5.92. The molecule has 0 aliphatic heterocycles. The van der Waals surface area contributed by atoms with Gasteiger partial charge in [0.15, 0.2) is 0 Å². The van der Waals surface area contributed by atoms with Gasteiger partial charge in [0.1, 0.15) is 6.61 Å². The van der Waals surface area contributed by atoms with Gasteiger partial charge in [-0.3, -0.25) is 0 Å². The second kappa shape index (κ2) is 9.97. The Morgan fingerprint density at radius 2 is 1.54 bits per heavy atom. The number of halogens is 1. The standard InChI is InChI=1S/C21H23ClO4/c1-3-4-5-12-25-20(23)16-6-8-17(9-7-16)21(24)26-14-18-10-11-19(22)13-15(18)2/h6-11,13H,3-5,12,14H2,1-2H3. The summed E-state index contributed by atoms with van der Waals surface area (Å²) in [6, 6.07) is 11.7. The van der Waals surface area contributed by atoms with Crippen LogP contribution in [0.2, 0.25) is 5.02 Å². The Hall–Kier alpha value is -2.33. The Morgan fingerprint density at radius 1 is 0.923 bits per heavy atom. The van der Waals surface area contributed by atoms with Crippen LogP contribution >= 0.6 is 11.6 Å². The first-order valence-corrected chi connectivity index (χ1v) is 9.08. The second-order valence-electron chi connectivity index (χ2n) is 6.07. The van der Waals surface area contributed by atoms with Crippen molar-refractivity contribution in [1.29, 1.82) is 0 Å². The van der Waals surface area contributed by atoms with Gasteiger partial charge in [0.25, 0.3) is 0 Å². The third-order valence-corrected chi connectivity index (χ3v) is 4.24. The molecule has 0 N–H and O–H groups in total. The van der Waals surface area contributed by atoms with Crippen LogP contribution in [0.15, 0.2) is 42.5 Å². The molecule has 0 radical (unpaired) electrons. The topological polar surface area (TPSA) is 52.6 Å². The zero-order valence-corrected chi connectivity index (χ0v) is 15.8. The fourth-order valence-corrected chi connectivity index (χ4v) is 2.62. The zero-order valence-electron chi connectivity index (χ0n) is 15.1. The van der Waals surface area contributed by atoms with Crippen LogP contribution in [0.5, 0.6) is 0 Å². The van der Waals surface area contributed by atoms with E-state index in [0.717, 1.165) is 30.4 Å². The van der Waals surface area contributed by atoms with Gasteiger partial charge >= 0.3 is 11.9 Å². The van der Waals surface area contributed by atoms with E-state index in [2.05, 4.69) is 6.92 Å². The molecule has 0 spiro atoms. The van der Waals surface area contributed by atoms with Crippen LogP contribution in [0.3, 0.4) is 0 Å². The van der Waals surface area contributed by atoms with E-state index in [4.69, 9.17) is 21.1 Å². The quantitative estimate of drug-likeness (QED) is 0.461. The molecule has 0 amide bonds. The number of benzene rings is 2. The van der Waals surface area contributed by atoms with E-state index in [0.29, 0.717) is 22.8 Å². The van der Waals surface area contributed by atoms with Gasteiger partial charge in [-0.2, -0.15) is 0 Å². The molecule has 0 aromatic heterocycles. The Morgan fingerprint density at radius 3 is 2.12 bits per heavy atom. The van der Waals surface area contributed by atoms with Crippen LogP contribution in [0.25, 0.3) is 0 Å². The molecule has 0 fully saturated rings. The Labute approximate surface area is 159 Å². The number of aryl methyl sites for hydroxylation is 1. The lowest BCUT2D eigenvalue weighted by Gasteiger charge is -2.09. The van der Waals surface area contributed by atoms with E-state index in [1.54, 1.807) is 30.3 Å². The van der Waals surface area contributed by atoms with Crippen molar-refractivity contribution in [2.45, 2.75) is 39.7 Å². The molecule has 0 atom stereocenters. The summed E-state index contributed by atoms with van der Waals surface area (Å²) in [4.78, 5) is 24.1. The number of rotatable bonds is 8. The summed E-state index contributed by atoms with van der Waals surface area (Å²) in [5.41, 5.74) is 2.67. The maximum absolute atomic E-state index is 12.2. The minimum absolute atomic E-state index is 0.170. The Kier molecular flexibility index (Phi) is 7.67. The zero-order chi connectivity index (χ0) is 18.9. The van der Waals surface area contributed by atoms with Gasteiger partial charge < -0.3 is 9.47 Å². The van der Waals surface area contributed by atoms with Gasteiger partial charge in [0.2, 0.25) is 0 Å². The highest BCUT2D eigenvalue weighted by atomic mass is 35.5. The third kappa shape index (κ3) is 5.88. The smallest absolute Gasteiger partial charge is 0.338 e. The van der Waals surface area contributed by atoms with Crippen LogP contribution in [0.1, 0.15) is 58.0 Å². The number of carbonyl (C=O) groups is 2. The molecule has 0 aliphatic carbocycles.